The van der Waals surface area contributed by atoms with Crippen molar-refractivity contribution in [2.75, 3.05) is 54.2 Å². The van der Waals surface area contributed by atoms with E-state index in [0.29, 0.717) is 43.0 Å². The van der Waals surface area contributed by atoms with Crippen molar-refractivity contribution in [1.29, 1.82) is 0 Å². The molecule has 0 radical (unpaired) electrons. The van der Waals surface area contributed by atoms with E-state index in [1.807, 2.05) is 104 Å². The molecule has 0 aliphatic carbocycles. The summed E-state index contributed by atoms with van der Waals surface area (Å²) in [5, 5.41) is 13.3. The molecular formula is C41H51N5O6Si. The normalized spacial score (nSPS) is 25.1. The fourth-order valence-electron chi connectivity index (χ4n) is 9.43. The third-order valence-corrected chi connectivity index (χ3v) is 14.4. The molecule has 0 bridgehead atoms. The van der Waals surface area contributed by atoms with Gasteiger partial charge in [0.2, 0.25) is 5.91 Å². The van der Waals surface area contributed by atoms with Gasteiger partial charge in [0, 0.05) is 48.0 Å². The molecule has 4 atom stereocenters. The average Bonchev–Trinajstić information content (AvgIpc) is 3.69. The molecule has 4 aliphatic rings. The predicted molar refractivity (Wildman–Crippen MR) is 208 cm³/mol. The van der Waals surface area contributed by atoms with Crippen LogP contribution in [0.4, 0.5) is 17.1 Å². The topological polar surface area (TPSA) is 126 Å². The first-order valence-corrected chi connectivity index (χ1v) is 21.7. The minimum atomic E-state index is -3.07. The van der Waals surface area contributed by atoms with E-state index >= 15 is 0 Å². The van der Waals surface area contributed by atoms with E-state index in [9.17, 15) is 24.3 Å². The van der Waals surface area contributed by atoms with Gasteiger partial charge in [0.1, 0.15) is 5.54 Å². The first kappa shape index (κ1) is 37.0. The van der Waals surface area contributed by atoms with Crippen molar-refractivity contribution in [1.82, 2.24) is 10.2 Å². The van der Waals surface area contributed by atoms with Gasteiger partial charge in [0.15, 0.2) is 13.9 Å². The Morgan fingerprint density at radius 1 is 1.02 bits per heavy atom. The summed E-state index contributed by atoms with van der Waals surface area (Å²) in [7, 11) is -3.07. The highest BCUT2D eigenvalue weighted by Gasteiger charge is 2.66. The number of benzene rings is 3. The Hall–Kier alpha value is -4.33. The van der Waals surface area contributed by atoms with Crippen molar-refractivity contribution in [3.05, 3.63) is 103 Å². The maximum absolute atomic E-state index is 14.8. The van der Waals surface area contributed by atoms with E-state index in [0.717, 1.165) is 24.3 Å². The smallest absolute Gasteiger partial charge is 0.264 e. The fourth-order valence-corrected chi connectivity index (χ4v) is 12.0. The van der Waals surface area contributed by atoms with Gasteiger partial charge in [-0.1, -0.05) is 61.5 Å². The van der Waals surface area contributed by atoms with E-state index < -0.39 is 37.0 Å². The molecule has 4 aliphatic heterocycles. The highest BCUT2D eigenvalue weighted by Crippen LogP contribution is 2.60. The first-order valence-electron chi connectivity index (χ1n) is 18.7. The number of carbonyl (C=O) groups excluding carboxylic acids is 3. The largest absolute Gasteiger partial charge is 0.432 e. The summed E-state index contributed by atoms with van der Waals surface area (Å²) in [6, 6.07) is 25.4. The van der Waals surface area contributed by atoms with Crippen LogP contribution in [0.2, 0.25) is 18.6 Å². The second-order valence-corrected chi connectivity index (χ2v) is 19.4. The van der Waals surface area contributed by atoms with Crippen molar-refractivity contribution in [2.45, 2.75) is 68.6 Å². The zero-order chi connectivity index (χ0) is 37.5. The third-order valence-electron chi connectivity index (χ3n) is 11.8. The molecule has 3 amide bonds. The van der Waals surface area contributed by atoms with Crippen LogP contribution in [0.15, 0.2) is 91.5 Å². The lowest BCUT2D eigenvalue weighted by atomic mass is 9.82. The van der Waals surface area contributed by atoms with Crippen LogP contribution in [0.3, 0.4) is 0 Å². The molecule has 3 fully saturated rings. The maximum Gasteiger partial charge on any atom is 0.264 e. The molecule has 3 aromatic carbocycles. The summed E-state index contributed by atoms with van der Waals surface area (Å²) < 4.78 is 6.99. The molecule has 0 saturated carbocycles. The van der Waals surface area contributed by atoms with E-state index in [2.05, 4.69) is 16.8 Å². The third kappa shape index (κ3) is 6.29. The number of piperidine rings is 1. The van der Waals surface area contributed by atoms with Crippen molar-refractivity contribution in [2.24, 2.45) is 5.92 Å². The lowest BCUT2D eigenvalue weighted by Gasteiger charge is -2.39. The number of fused-ring (bicyclic) bond motifs is 2. The monoisotopic (exact) mass is 737 g/mol. The molecule has 3 N–H and O–H groups in total. The van der Waals surface area contributed by atoms with Gasteiger partial charge in [-0.05, 0) is 74.9 Å². The second-order valence-electron chi connectivity index (χ2n) is 15.4. The van der Waals surface area contributed by atoms with Gasteiger partial charge in [-0.25, -0.2) is 0 Å². The molecule has 7 rings (SSSR count). The number of carbonyl (C=O) groups is 3. The van der Waals surface area contributed by atoms with Crippen LogP contribution in [0, 0.1) is 5.92 Å². The maximum atomic E-state index is 14.8. The molecule has 12 heteroatoms. The van der Waals surface area contributed by atoms with E-state index in [1.165, 1.54) is 0 Å². The highest BCUT2D eigenvalue weighted by molar-refractivity contribution is 6.71. The predicted octanol–water partition coefficient (Wildman–Crippen LogP) is 4.36. The molecule has 3 aromatic rings. The number of hydrogen-bond acceptors (Lipinski definition) is 8. The van der Waals surface area contributed by atoms with Gasteiger partial charge in [0.25, 0.3) is 11.8 Å². The zero-order valence-corrected chi connectivity index (χ0v) is 31.9. The van der Waals surface area contributed by atoms with Gasteiger partial charge in [-0.15, -0.1) is 6.58 Å². The second kappa shape index (κ2) is 14.5. The number of rotatable bonds is 11. The lowest BCUT2D eigenvalue weighted by molar-refractivity contribution is -0.149. The van der Waals surface area contributed by atoms with Gasteiger partial charge < -0.3 is 34.7 Å². The van der Waals surface area contributed by atoms with Crippen LogP contribution in [0.5, 0.6) is 0 Å². The minimum absolute atomic E-state index is 0.0251. The van der Waals surface area contributed by atoms with Crippen LogP contribution in [-0.2, 0) is 31.3 Å². The fraction of sp³-hybridized carbons (Fsp3) is 0.439. The van der Waals surface area contributed by atoms with Gasteiger partial charge >= 0.3 is 0 Å². The SMILES string of the molecule is C=CCN1C(=O)[C@@]2(O[C@@H](CC(=O)N(CCO)Cc3ccccc3)[C@H]([Si](C)(C)O)[C@H]2C)c2cc(N3CN(c4ccccc4)C4(CCNCC4)C3=O)ccc21. The van der Waals surface area contributed by atoms with E-state index in [4.69, 9.17) is 4.74 Å². The number of nitrogens with one attached hydrogen (secondary N) is 1. The Labute approximate surface area is 313 Å². The highest BCUT2D eigenvalue weighted by atomic mass is 28.4. The number of amides is 3. The lowest BCUT2D eigenvalue weighted by Crippen LogP contribution is -2.55. The molecular weight excluding hydrogens is 687 g/mol. The Bertz CT molecular complexity index is 1850. The Morgan fingerprint density at radius 3 is 2.34 bits per heavy atom. The zero-order valence-electron chi connectivity index (χ0n) is 30.9. The molecule has 4 heterocycles. The summed E-state index contributed by atoms with van der Waals surface area (Å²) in [6.07, 6.45) is 2.20. The van der Waals surface area contributed by atoms with E-state index in [1.54, 1.807) is 15.9 Å². The molecule has 53 heavy (non-hydrogen) atoms. The average molecular weight is 738 g/mol. The van der Waals surface area contributed by atoms with Crippen molar-refractivity contribution in [3.63, 3.8) is 0 Å². The number of aliphatic hydroxyl groups is 1. The first-order chi connectivity index (χ1) is 25.5. The molecule has 11 nitrogen and oxygen atoms in total. The van der Waals surface area contributed by atoms with Crippen LogP contribution in [0.25, 0.3) is 0 Å². The number of nitrogens with zero attached hydrogens (tertiary/aromatic N) is 4. The number of anilines is 3. The summed E-state index contributed by atoms with van der Waals surface area (Å²) >= 11 is 0. The Morgan fingerprint density at radius 2 is 1.70 bits per heavy atom. The summed E-state index contributed by atoms with van der Waals surface area (Å²) in [6.45, 7) is 11.9. The van der Waals surface area contributed by atoms with Gasteiger partial charge in [0.05, 0.1) is 31.5 Å². The number of para-hydroxylation sites is 1. The summed E-state index contributed by atoms with van der Waals surface area (Å²) in [4.78, 5) is 62.6. The van der Waals surface area contributed by atoms with Crippen LogP contribution < -0.4 is 20.0 Å². The molecule has 0 aromatic heterocycles. The van der Waals surface area contributed by atoms with Crippen LogP contribution >= 0.6 is 0 Å². The van der Waals surface area contributed by atoms with Gasteiger partial charge in [-0.2, -0.15) is 0 Å². The van der Waals surface area contributed by atoms with Crippen molar-refractivity contribution < 1.29 is 29.0 Å². The van der Waals surface area contributed by atoms with Crippen molar-refractivity contribution >= 4 is 43.1 Å². The molecule has 0 unspecified atom stereocenters. The Balaban J connectivity index is 1.27. The standard InChI is InChI=1S/C41H51N5O6Si/c1-5-22-44-34-17-16-32(45-28-46(31-14-10-7-11-15-31)40(38(45)49)18-20-42-21-19-40)25-33(34)41(39(44)50)29(2)37(53(3,4)51)35(52-41)26-36(48)43(23-24-47)27-30-12-8-6-9-13-30/h5-17,25,29,35,37,42,47,51H,1,18-24,26-28H2,2-4H3/t29-,35+,37-,41+/m1/s1. The van der Waals surface area contributed by atoms with Crippen LogP contribution in [-0.4, -0.2) is 91.9 Å². The minimum Gasteiger partial charge on any atom is -0.432 e. The van der Waals surface area contributed by atoms with E-state index in [-0.39, 0.29) is 43.8 Å². The number of hydrogen-bond donors (Lipinski definition) is 3. The summed E-state index contributed by atoms with van der Waals surface area (Å²) in [5.74, 6) is -0.953. The summed E-state index contributed by atoms with van der Waals surface area (Å²) in [5.41, 5.74) is 1.22. The number of ether oxygens (including phenoxy) is 1. The molecule has 2 spiro atoms. The molecule has 3 saturated heterocycles. The molecule has 280 valence electrons. The van der Waals surface area contributed by atoms with Crippen molar-refractivity contribution in [3.8, 4) is 0 Å². The van der Waals surface area contributed by atoms with Crippen LogP contribution in [0.1, 0.15) is 37.3 Å². The quantitative estimate of drug-likeness (QED) is 0.196. The Kier molecular flexibility index (Phi) is 10.1. The van der Waals surface area contributed by atoms with Gasteiger partial charge in [-0.3, -0.25) is 19.3 Å². The number of aliphatic hydroxyl groups excluding tert-OH is 1.